The van der Waals surface area contributed by atoms with Crippen LogP contribution in [0.1, 0.15) is 24.5 Å². The van der Waals surface area contributed by atoms with Gasteiger partial charge in [0, 0.05) is 43.8 Å². The van der Waals surface area contributed by atoms with Gasteiger partial charge in [-0.15, -0.1) is 0 Å². The Hall–Kier alpha value is -2.65. The highest BCUT2D eigenvalue weighted by Crippen LogP contribution is 2.39. The highest BCUT2D eigenvalue weighted by molar-refractivity contribution is 5.82. The summed E-state index contributed by atoms with van der Waals surface area (Å²) >= 11 is 0. The predicted octanol–water partition coefficient (Wildman–Crippen LogP) is 1.89. The number of nitriles is 1. The number of rotatable bonds is 4. The van der Waals surface area contributed by atoms with E-state index in [1.807, 2.05) is 17.9 Å². The van der Waals surface area contributed by atoms with Gasteiger partial charge in [0.15, 0.2) is 0 Å². The molecule has 1 unspecified atom stereocenters. The van der Waals surface area contributed by atoms with E-state index in [1.165, 1.54) is 0 Å². The van der Waals surface area contributed by atoms with Crippen molar-refractivity contribution in [2.75, 3.05) is 26.2 Å². The summed E-state index contributed by atoms with van der Waals surface area (Å²) in [5.41, 5.74) is 2.84. The summed E-state index contributed by atoms with van der Waals surface area (Å²) in [6, 6.07) is 10.4. The zero-order valence-corrected chi connectivity index (χ0v) is 15.6. The summed E-state index contributed by atoms with van der Waals surface area (Å²) in [5.74, 6) is 0.0200. The third-order valence-corrected chi connectivity index (χ3v) is 5.73. The van der Waals surface area contributed by atoms with E-state index >= 15 is 0 Å². The van der Waals surface area contributed by atoms with Crippen LogP contribution in [0.15, 0.2) is 29.1 Å². The average molecular weight is 364 g/mol. The number of benzene rings is 1. The van der Waals surface area contributed by atoms with E-state index < -0.39 is 0 Å². The number of amides is 1. The van der Waals surface area contributed by atoms with Gasteiger partial charge in [0.1, 0.15) is 0 Å². The number of aromatic nitrogens is 1. The molecular formula is C21H24N4O2. The Labute approximate surface area is 158 Å². The molecule has 2 aromatic rings. The fourth-order valence-electron chi connectivity index (χ4n) is 3.88. The van der Waals surface area contributed by atoms with Crippen molar-refractivity contribution < 1.29 is 4.79 Å². The van der Waals surface area contributed by atoms with Gasteiger partial charge in [-0.2, -0.15) is 5.26 Å². The summed E-state index contributed by atoms with van der Waals surface area (Å²) in [4.78, 5) is 31.6. The monoisotopic (exact) mass is 364 g/mol. The van der Waals surface area contributed by atoms with Crippen molar-refractivity contribution in [1.82, 2.24) is 14.8 Å². The van der Waals surface area contributed by atoms with Crippen LogP contribution < -0.4 is 5.56 Å². The Morgan fingerprint density at radius 1 is 1.26 bits per heavy atom. The SMILES string of the molecule is CCc1cc2ccc(CN3CCN(C(=O)C4C[C@H]4C#N)CC3)cc2[nH]c1=O. The van der Waals surface area contributed by atoms with Crippen LogP contribution in [0.2, 0.25) is 0 Å². The number of fused-ring (bicyclic) bond motifs is 1. The summed E-state index contributed by atoms with van der Waals surface area (Å²) in [6.07, 6.45) is 1.45. The maximum atomic E-state index is 12.3. The normalized spacial score (nSPS) is 22.6. The van der Waals surface area contributed by atoms with E-state index in [4.69, 9.17) is 5.26 Å². The highest BCUT2D eigenvalue weighted by Gasteiger charge is 2.45. The van der Waals surface area contributed by atoms with Gasteiger partial charge in [0.25, 0.3) is 5.56 Å². The van der Waals surface area contributed by atoms with E-state index in [1.54, 1.807) is 0 Å². The number of H-pyrrole nitrogens is 1. The minimum Gasteiger partial charge on any atom is -0.340 e. The lowest BCUT2D eigenvalue weighted by Crippen LogP contribution is -2.48. The number of nitrogens with one attached hydrogen (secondary N) is 1. The van der Waals surface area contributed by atoms with Crippen LogP contribution in [-0.4, -0.2) is 46.9 Å². The van der Waals surface area contributed by atoms with Crippen molar-refractivity contribution in [1.29, 1.82) is 5.26 Å². The number of nitrogens with zero attached hydrogens (tertiary/aromatic N) is 3. The van der Waals surface area contributed by atoms with Gasteiger partial charge in [0.2, 0.25) is 5.91 Å². The molecule has 0 spiro atoms. The number of hydrogen-bond donors (Lipinski definition) is 1. The van der Waals surface area contributed by atoms with Crippen LogP contribution in [0.25, 0.3) is 10.9 Å². The molecule has 1 amide bonds. The Morgan fingerprint density at radius 2 is 2.04 bits per heavy atom. The molecule has 2 atom stereocenters. The second-order valence-electron chi connectivity index (χ2n) is 7.58. The Kier molecular flexibility index (Phi) is 4.71. The third-order valence-electron chi connectivity index (χ3n) is 5.73. The van der Waals surface area contributed by atoms with E-state index in [2.05, 4.69) is 34.2 Å². The van der Waals surface area contributed by atoms with Gasteiger partial charge >= 0.3 is 0 Å². The lowest BCUT2D eigenvalue weighted by atomic mass is 10.1. The summed E-state index contributed by atoms with van der Waals surface area (Å²) in [6.45, 7) is 5.90. The van der Waals surface area contributed by atoms with Crippen molar-refractivity contribution in [3.63, 3.8) is 0 Å². The minimum atomic E-state index is -0.0662. The molecule has 1 aromatic heterocycles. The number of pyridine rings is 1. The second kappa shape index (κ2) is 7.16. The van der Waals surface area contributed by atoms with E-state index in [0.717, 1.165) is 67.6 Å². The van der Waals surface area contributed by atoms with Crippen LogP contribution in [0.3, 0.4) is 0 Å². The molecule has 140 valence electrons. The molecule has 4 rings (SSSR count). The summed E-state index contributed by atoms with van der Waals surface area (Å²) < 4.78 is 0. The van der Waals surface area contributed by atoms with Crippen molar-refractivity contribution in [2.24, 2.45) is 11.8 Å². The van der Waals surface area contributed by atoms with Gasteiger partial charge < -0.3 is 9.88 Å². The second-order valence-corrected chi connectivity index (χ2v) is 7.58. The Morgan fingerprint density at radius 3 is 2.70 bits per heavy atom. The largest absolute Gasteiger partial charge is 0.340 e. The van der Waals surface area contributed by atoms with Gasteiger partial charge in [0.05, 0.1) is 17.9 Å². The number of piperazine rings is 1. The van der Waals surface area contributed by atoms with Gasteiger partial charge in [-0.05, 0) is 35.9 Å². The molecule has 0 radical (unpaired) electrons. The topological polar surface area (TPSA) is 80.2 Å². The number of carbonyl (C=O) groups excluding carboxylic acids is 1. The lowest BCUT2D eigenvalue weighted by Gasteiger charge is -2.35. The number of aryl methyl sites for hydroxylation is 1. The highest BCUT2D eigenvalue weighted by atomic mass is 16.2. The molecule has 2 heterocycles. The first-order chi connectivity index (χ1) is 13.1. The van der Waals surface area contributed by atoms with Gasteiger partial charge in [-0.25, -0.2) is 0 Å². The van der Waals surface area contributed by atoms with E-state index in [9.17, 15) is 9.59 Å². The van der Waals surface area contributed by atoms with Crippen molar-refractivity contribution >= 4 is 16.8 Å². The molecule has 1 aliphatic heterocycles. The van der Waals surface area contributed by atoms with Crippen LogP contribution in [0, 0.1) is 23.2 Å². The third kappa shape index (κ3) is 3.60. The average Bonchev–Trinajstić information content (AvgIpc) is 3.47. The maximum Gasteiger partial charge on any atom is 0.251 e. The van der Waals surface area contributed by atoms with E-state index in [-0.39, 0.29) is 23.3 Å². The van der Waals surface area contributed by atoms with Crippen molar-refractivity contribution in [3.05, 3.63) is 45.7 Å². The maximum absolute atomic E-state index is 12.3. The van der Waals surface area contributed by atoms with Crippen LogP contribution >= 0.6 is 0 Å². The smallest absolute Gasteiger partial charge is 0.251 e. The molecule has 2 aliphatic rings. The van der Waals surface area contributed by atoms with Gasteiger partial charge in [-0.1, -0.05) is 19.1 Å². The molecule has 27 heavy (non-hydrogen) atoms. The Bertz CT molecular complexity index is 966. The number of hydrogen-bond acceptors (Lipinski definition) is 4. The minimum absolute atomic E-state index is 0.00924. The first-order valence-electron chi connectivity index (χ1n) is 9.64. The molecule has 0 bridgehead atoms. The molecule has 1 N–H and O–H groups in total. The first kappa shape index (κ1) is 17.7. The van der Waals surface area contributed by atoms with Crippen molar-refractivity contribution in [3.8, 4) is 6.07 Å². The fraction of sp³-hybridized carbons (Fsp3) is 0.476. The first-order valence-corrected chi connectivity index (χ1v) is 9.64. The molecule has 1 saturated heterocycles. The van der Waals surface area contributed by atoms with Crippen LogP contribution in [0.4, 0.5) is 0 Å². The molecule has 2 fully saturated rings. The van der Waals surface area contributed by atoms with Crippen molar-refractivity contribution in [2.45, 2.75) is 26.3 Å². The van der Waals surface area contributed by atoms with Crippen LogP contribution in [-0.2, 0) is 17.8 Å². The number of carbonyl (C=O) groups is 1. The van der Waals surface area contributed by atoms with Gasteiger partial charge in [-0.3, -0.25) is 14.5 Å². The molecule has 1 aromatic carbocycles. The molecular weight excluding hydrogens is 340 g/mol. The zero-order chi connectivity index (χ0) is 19.0. The fourth-order valence-corrected chi connectivity index (χ4v) is 3.88. The quantitative estimate of drug-likeness (QED) is 0.898. The standard InChI is InChI=1S/C21H24N4O2/c1-2-15-10-16-4-3-14(9-19(16)23-20(15)26)13-24-5-7-25(8-6-24)21(27)18-11-17(18)12-22/h3-4,9-10,17-18H,2,5-8,11,13H2,1H3,(H,23,26)/t17-,18?/m0/s1. The van der Waals surface area contributed by atoms with E-state index in [0.29, 0.717) is 0 Å². The summed E-state index contributed by atoms with van der Waals surface area (Å²) in [7, 11) is 0. The molecule has 1 aliphatic carbocycles. The predicted molar refractivity (Wildman–Crippen MR) is 103 cm³/mol. The lowest BCUT2D eigenvalue weighted by molar-refractivity contribution is -0.134. The molecule has 1 saturated carbocycles. The molecule has 6 nitrogen and oxygen atoms in total. The molecule has 6 heteroatoms. The zero-order valence-electron chi connectivity index (χ0n) is 15.6. The number of aromatic amines is 1. The Balaban J connectivity index is 1.38. The van der Waals surface area contributed by atoms with Crippen LogP contribution in [0.5, 0.6) is 0 Å². The summed E-state index contributed by atoms with van der Waals surface area (Å²) in [5, 5.41) is 9.96.